The highest BCUT2D eigenvalue weighted by atomic mass is 32.2. The van der Waals surface area contributed by atoms with Crippen LogP contribution in [0.5, 0.6) is 0 Å². The minimum Gasteiger partial charge on any atom is -0.391 e. The number of nitrogens with zero attached hydrogens (tertiary/aromatic N) is 1. The van der Waals surface area contributed by atoms with Crippen molar-refractivity contribution < 1.29 is 13.5 Å². The molecule has 2 heterocycles. The zero-order chi connectivity index (χ0) is 13.9. The third-order valence-corrected chi connectivity index (χ3v) is 5.25. The first kappa shape index (κ1) is 14.1. The molecule has 0 radical (unpaired) electrons. The van der Waals surface area contributed by atoms with Crippen molar-refractivity contribution in [3.8, 4) is 0 Å². The van der Waals surface area contributed by atoms with E-state index in [1.807, 2.05) is 6.92 Å². The Hall–Kier alpha value is -1.28. The molecule has 0 fully saturated rings. The van der Waals surface area contributed by atoms with Gasteiger partial charge >= 0.3 is 0 Å². The summed E-state index contributed by atoms with van der Waals surface area (Å²) in [6.45, 7) is 1.81. The fourth-order valence-corrected chi connectivity index (χ4v) is 3.93. The average Bonchev–Trinajstić information content (AvgIpc) is 2.87. The zero-order valence-electron chi connectivity index (χ0n) is 10.3. The average molecular weight is 298 g/mol. The van der Waals surface area contributed by atoms with Crippen LogP contribution in [0.4, 0.5) is 0 Å². The van der Waals surface area contributed by atoms with Crippen LogP contribution < -0.4 is 4.72 Å². The van der Waals surface area contributed by atoms with Gasteiger partial charge in [-0.3, -0.25) is 4.98 Å². The molecular weight excluding hydrogens is 284 g/mol. The van der Waals surface area contributed by atoms with E-state index in [1.54, 1.807) is 23.8 Å². The number of aliphatic hydroxyl groups excluding tert-OH is 1. The molecule has 0 bridgehead atoms. The molecule has 2 aromatic rings. The van der Waals surface area contributed by atoms with E-state index in [1.165, 1.54) is 17.4 Å². The maximum absolute atomic E-state index is 12.1. The molecule has 2 rings (SSSR count). The number of pyridine rings is 1. The summed E-state index contributed by atoms with van der Waals surface area (Å²) < 4.78 is 26.8. The Bertz CT molecular complexity index is 665. The van der Waals surface area contributed by atoms with Crippen LogP contribution in [-0.4, -0.2) is 18.5 Å². The fraction of sp³-hybridized carbons (Fsp3) is 0.250. The summed E-state index contributed by atoms with van der Waals surface area (Å²) in [5, 5.41) is 10.8. The van der Waals surface area contributed by atoms with Gasteiger partial charge in [-0.2, -0.15) is 0 Å². The summed E-state index contributed by atoms with van der Waals surface area (Å²) in [6.07, 6.45) is 3.31. The Morgan fingerprint density at radius 3 is 2.89 bits per heavy atom. The molecule has 0 aromatic carbocycles. The van der Waals surface area contributed by atoms with Crippen LogP contribution in [0.15, 0.2) is 34.8 Å². The van der Waals surface area contributed by atoms with Crippen molar-refractivity contribution in [1.82, 2.24) is 9.71 Å². The van der Waals surface area contributed by atoms with Crippen LogP contribution in [0.25, 0.3) is 0 Å². The van der Waals surface area contributed by atoms with Crippen LogP contribution in [0, 0.1) is 6.92 Å². The second kappa shape index (κ2) is 5.79. The molecule has 0 unspecified atom stereocenters. The van der Waals surface area contributed by atoms with Gasteiger partial charge in [-0.15, -0.1) is 11.3 Å². The van der Waals surface area contributed by atoms with E-state index < -0.39 is 10.0 Å². The lowest BCUT2D eigenvalue weighted by Gasteiger charge is -2.08. The Labute approximate surface area is 116 Å². The smallest absolute Gasteiger partial charge is 0.242 e. The Morgan fingerprint density at radius 2 is 2.21 bits per heavy atom. The number of rotatable bonds is 5. The number of aliphatic hydroxyl groups is 1. The largest absolute Gasteiger partial charge is 0.391 e. The van der Waals surface area contributed by atoms with Gasteiger partial charge in [0.1, 0.15) is 0 Å². The van der Waals surface area contributed by atoms with Gasteiger partial charge < -0.3 is 5.11 Å². The SMILES string of the molecule is Cc1cnccc1CNS(=O)(=O)c1ccsc1CO. The van der Waals surface area contributed by atoms with Gasteiger partial charge in [0.2, 0.25) is 10.0 Å². The van der Waals surface area contributed by atoms with Gasteiger partial charge in [-0.1, -0.05) is 0 Å². The van der Waals surface area contributed by atoms with Crippen molar-refractivity contribution in [3.63, 3.8) is 0 Å². The first-order valence-electron chi connectivity index (χ1n) is 5.61. The topological polar surface area (TPSA) is 79.3 Å². The van der Waals surface area contributed by atoms with Crippen LogP contribution in [0.1, 0.15) is 16.0 Å². The molecule has 0 aliphatic rings. The van der Waals surface area contributed by atoms with Crippen molar-refractivity contribution in [2.45, 2.75) is 25.0 Å². The summed E-state index contributed by atoms with van der Waals surface area (Å²) >= 11 is 1.22. The molecule has 0 aliphatic heterocycles. The number of aryl methyl sites for hydroxylation is 1. The summed E-state index contributed by atoms with van der Waals surface area (Å²) in [6, 6.07) is 3.27. The van der Waals surface area contributed by atoms with Crippen LogP contribution in [-0.2, 0) is 23.2 Å². The lowest BCUT2D eigenvalue weighted by atomic mass is 10.2. The molecular formula is C12H14N2O3S2. The molecule has 5 nitrogen and oxygen atoms in total. The minimum atomic E-state index is -3.59. The Kier molecular flexibility index (Phi) is 4.31. The van der Waals surface area contributed by atoms with E-state index in [2.05, 4.69) is 9.71 Å². The second-order valence-electron chi connectivity index (χ2n) is 3.99. The van der Waals surface area contributed by atoms with Crippen LogP contribution in [0.2, 0.25) is 0 Å². The van der Waals surface area contributed by atoms with E-state index in [4.69, 9.17) is 5.11 Å². The highest BCUT2D eigenvalue weighted by Crippen LogP contribution is 2.22. The summed E-state index contributed by atoms with van der Waals surface area (Å²) in [7, 11) is -3.59. The van der Waals surface area contributed by atoms with Gasteiger partial charge in [0, 0.05) is 23.8 Å². The summed E-state index contributed by atoms with van der Waals surface area (Å²) in [5.41, 5.74) is 1.80. The van der Waals surface area contributed by atoms with Gasteiger partial charge in [-0.25, -0.2) is 13.1 Å². The Balaban J connectivity index is 2.17. The molecule has 0 saturated carbocycles. The van der Waals surface area contributed by atoms with Gasteiger partial charge in [0.05, 0.1) is 11.5 Å². The maximum atomic E-state index is 12.1. The van der Waals surface area contributed by atoms with Crippen molar-refractivity contribution in [2.24, 2.45) is 0 Å². The molecule has 102 valence electrons. The van der Waals surface area contributed by atoms with E-state index in [9.17, 15) is 8.42 Å². The molecule has 7 heteroatoms. The van der Waals surface area contributed by atoms with E-state index in [0.29, 0.717) is 4.88 Å². The number of thiophene rings is 1. The molecule has 0 atom stereocenters. The van der Waals surface area contributed by atoms with E-state index >= 15 is 0 Å². The van der Waals surface area contributed by atoms with E-state index in [0.717, 1.165) is 11.1 Å². The molecule has 2 aromatic heterocycles. The lowest BCUT2D eigenvalue weighted by Crippen LogP contribution is -2.24. The first-order chi connectivity index (χ1) is 9.04. The quantitative estimate of drug-likeness (QED) is 0.875. The number of hydrogen-bond donors (Lipinski definition) is 2. The monoisotopic (exact) mass is 298 g/mol. The third-order valence-electron chi connectivity index (χ3n) is 2.73. The van der Waals surface area contributed by atoms with E-state index in [-0.39, 0.29) is 18.0 Å². The highest BCUT2D eigenvalue weighted by molar-refractivity contribution is 7.89. The molecule has 19 heavy (non-hydrogen) atoms. The normalized spacial score (nSPS) is 11.7. The van der Waals surface area contributed by atoms with Gasteiger partial charge in [0.25, 0.3) is 0 Å². The Morgan fingerprint density at radius 1 is 1.42 bits per heavy atom. The van der Waals surface area contributed by atoms with Crippen molar-refractivity contribution in [1.29, 1.82) is 0 Å². The van der Waals surface area contributed by atoms with Crippen LogP contribution in [0.3, 0.4) is 0 Å². The summed E-state index contributed by atoms with van der Waals surface area (Å²) in [4.78, 5) is 4.55. The highest BCUT2D eigenvalue weighted by Gasteiger charge is 2.19. The van der Waals surface area contributed by atoms with Gasteiger partial charge in [0.15, 0.2) is 0 Å². The fourth-order valence-electron chi connectivity index (χ4n) is 1.63. The minimum absolute atomic E-state index is 0.145. The molecule has 0 spiro atoms. The standard InChI is InChI=1S/C12H14N2O3S2/c1-9-6-13-4-2-10(9)7-14-19(16,17)12-3-5-18-11(12)8-15/h2-6,14-15H,7-8H2,1H3. The van der Waals surface area contributed by atoms with Crippen LogP contribution >= 0.6 is 11.3 Å². The predicted octanol–water partition coefficient (Wildman–Crippen LogP) is 1.42. The second-order valence-corrected chi connectivity index (χ2v) is 6.73. The molecule has 0 amide bonds. The lowest BCUT2D eigenvalue weighted by molar-refractivity contribution is 0.282. The van der Waals surface area contributed by atoms with Crippen molar-refractivity contribution in [2.75, 3.05) is 0 Å². The molecule has 2 N–H and O–H groups in total. The number of nitrogens with one attached hydrogen (secondary N) is 1. The first-order valence-corrected chi connectivity index (χ1v) is 7.97. The predicted molar refractivity (Wildman–Crippen MR) is 73.2 cm³/mol. The maximum Gasteiger partial charge on any atom is 0.242 e. The molecule has 0 saturated heterocycles. The number of aromatic nitrogens is 1. The number of hydrogen-bond acceptors (Lipinski definition) is 5. The van der Waals surface area contributed by atoms with Crippen molar-refractivity contribution >= 4 is 21.4 Å². The summed E-state index contributed by atoms with van der Waals surface area (Å²) in [5.74, 6) is 0. The molecule has 0 aliphatic carbocycles. The number of sulfonamides is 1. The van der Waals surface area contributed by atoms with Gasteiger partial charge in [-0.05, 0) is 35.6 Å². The van der Waals surface area contributed by atoms with Crippen molar-refractivity contribution in [3.05, 3.63) is 45.9 Å². The third kappa shape index (κ3) is 3.19. The zero-order valence-corrected chi connectivity index (χ0v) is 12.0.